The van der Waals surface area contributed by atoms with Crippen molar-refractivity contribution < 1.29 is 19.1 Å². The van der Waals surface area contributed by atoms with E-state index >= 15 is 0 Å². The number of piperidine rings is 3. The Balaban J connectivity index is 1.35. The van der Waals surface area contributed by atoms with Crippen molar-refractivity contribution in [1.82, 2.24) is 9.80 Å². The van der Waals surface area contributed by atoms with Crippen LogP contribution in [-0.2, 0) is 9.59 Å². The summed E-state index contributed by atoms with van der Waals surface area (Å²) in [7, 11) is 0. The molecule has 0 spiro atoms. The minimum atomic E-state index is -0.207. The number of benzene rings is 1. The van der Waals surface area contributed by atoms with Gasteiger partial charge in [0, 0.05) is 37.7 Å². The third kappa shape index (κ3) is 2.85. The lowest BCUT2D eigenvalue weighted by molar-refractivity contribution is -0.144. The van der Waals surface area contributed by atoms with Crippen LogP contribution in [0.3, 0.4) is 0 Å². The molecule has 0 aromatic heterocycles. The maximum absolute atomic E-state index is 13.1. The Labute approximate surface area is 157 Å². The van der Waals surface area contributed by atoms with E-state index < -0.39 is 0 Å². The molecule has 0 aliphatic carbocycles. The zero-order chi connectivity index (χ0) is 18.5. The van der Waals surface area contributed by atoms with Gasteiger partial charge in [-0.15, -0.1) is 0 Å². The van der Waals surface area contributed by atoms with E-state index in [1.165, 1.54) is 0 Å². The summed E-state index contributed by atoms with van der Waals surface area (Å²) in [5, 5.41) is 2.76. The van der Waals surface area contributed by atoms with Gasteiger partial charge in [0.2, 0.25) is 5.91 Å². The Kier molecular flexibility index (Phi) is 3.84. The largest absolute Gasteiger partial charge is 0.482 e. The lowest BCUT2D eigenvalue weighted by atomic mass is 9.76. The molecule has 1 aromatic carbocycles. The second-order valence-corrected chi connectivity index (χ2v) is 8.13. The maximum Gasteiger partial charge on any atom is 0.262 e. The minimum Gasteiger partial charge on any atom is -0.482 e. The van der Waals surface area contributed by atoms with Crippen LogP contribution in [-0.4, -0.2) is 59.8 Å². The zero-order valence-corrected chi connectivity index (χ0v) is 15.1. The predicted molar refractivity (Wildman–Crippen MR) is 97.4 cm³/mol. The first kappa shape index (κ1) is 16.6. The van der Waals surface area contributed by atoms with Crippen LogP contribution in [0.5, 0.6) is 5.75 Å². The number of hydrogen-bond acceptors (Lipinski definition) is 4. The van der Waals surface area contributed by atoms with Crippen molar-refractivity contribution in [2.45, 2.75) is 31.7 Å². The number of carbonyl (C=O) groups excluding carboxylic acids is 3. The molecule has 2 bridgehead atoms. The molecule has 1 aromatic rings. The number of carbonyl (C=O) groups is 3. The molecule has 3 saturated heterocycles. The average Bonchev–Trinajstić information content (AvgIpc) is 2.67. The number of anilines is 1. The molecule has 0 radical (unpaired) electrons. The summed E-state index contributed by atoms with van der Waals surface area (Å²) < 4.78 is 5.37. The van der Waals surface area contributed by atoms with E-state index in [1.54, 1.807) is 18.2 Å². The van der Waals surface area contributed by atoms with Crippen molar-refractivity contribution >= 4 is 23.4 Å². The molecule has 3 amide bonds. The normalized spacial score (nSPS) is 29.4. The molecule has 4 heterocycles. The predicted octanol–water partition coefficient (Wildman–Crippen LogP) is 1.49. The summed E-state index contributed by atoms with van der Waals surface area (Å²) in [6, 6.07) is 5.50. The van der Waals surface area contributed by atoms with Gasteiger partial charge in [0.05, 0.1) is 5.69 Å². The van der Waals surface area contributed by atoms with E-state index in [4.69, 9.17) is 4.74 Å². The fraction of sp³-hybridized carbons (Fsp3) is 0.550. The van der Waals surface area contributed by atoms with Gasteiger partial charge >= 0.3 is 0 Å². The number of ether oxygens (including phenoxy) is 1. The first-order chi connectivity index (χ1) is 13.1. The average molecular weight is 369 g/mol. The maximum atomic E-state index is 13.1. The minimum absolute atomic E-state index is 0.00634. The van der Waals surface area contributed by atoms with Crippen molar-refractivity contribution in [3.63, 3.8) is 0 Å². The number of fused-ring (bicyclic) bond motifs is 5. The van der Waals surface area contributed by atoms with Crippen LogP contribution >= 0.6 is 0 Å². The summed E-state index contributed by atoms with van der Waals surface area (Å²) in [6.45, 7) is 2.17. The van der Waals surface area contributed by atoms with Crippen LogP contribution in [0.15, 0.2) is 18.2 Å². The molecule has 1 N–H and O–H groups in total. The Morgan fingerprint density at radius 1 is 1.19 bits per heavy atom. The molecular formula is C20H23N3O4. The number of nitrogens with zero attached hydrogens (tertiary/aromatic N) is 2. The van der Waals surface area contributed by atoms with Crippen molar-refractivity contribution in [2.24, 2.45) is 11.8 Å². The van der Waals surface area contributed by atoms with E-state index in [2.05, 4.69) is 10.2 Å². The van der Waals surface area contributed by atoms with Gasteiger partial charge in [-0.05, 0) is 49.3 Å². The highest BCUT2D eigenvalue weighted by Crippen LogP contribution is 2.38. The molecule has 4 aliphatic rings. The van der Waals surface area contributed by atoms with Crippen LogP contribution in [0.1, 0.15) is 36.0 Å². The van der Waals surface area contributed by atoms with Gasteiger partial charge < -0.3 is 19.9 Å². The molecular weight excluding hydrogens is 346 g/mol. The zero-order valence-electron chi connectivity index (χ0n) is 15.1. The fourth-order valence-electron chi connectivity index (χ4n) is 5.17. The third-order valence-corrected chi connectivity index (χ3v) is 6.33. The number of hydrogen-bond donors (Lipinski definition) is 1. The van der Waals surface area contributed by atoms with Crippen molar-refractivity contribution in [1.29, 1.82) is 0 Å². The number of amides is 3. The van der Waals surface area contributed by atoms with E-state index in [1.807, 2.05) is 4.90 Å². The van der Waals surface area contributed by atoms with Crippen molar-refractivity contribution in [3.05, 3.63) is 23.8 Å². The van der Waals surface area contributed by atoms with Gasteiger partial charge in [0.25, 0.3) is 11.8 Å². The Morgan fingerprint density at radius 2 is 2.07 bits per heavy atom. The molecule has 3 fully saturated rings. The first-order valence-corrected chi connectivity index (χ1v) is 9.74. The SMILES string of the molecule is O=C1COc2ccc(C(=O)N3C[C@H]4C[C@@H](C3)[C@H]3CCCC(=O)N3C4)cc2N1. The van der Waals surface area contributed by atoms with Crippen LogP contribution in [0, 0.1) is 11.8 Å². The van der Waals surface area contributed by atoms with Crippen molar-refractivity contribution in [3.8, 4) is 5.75 Å². The summed E-state index contributed by atoms with van der Waals surface area (Å²) in [6.07, 6.45) is 3.78. The highest BCUT2D eigenvalue weighted by molar-refractivity contribution is 6.00. The summed E-state index contributed by atoms with van der Waals surface area (Å²) >= 11 is 0. The monoisotopic (exact) mass is 369 g/mol. The molecule has 27 heavy (non-hydrogen) atoms. The number of nitrogens with one attached hydrogen (secondary N) is 1. The lowest BCUT2D eigenvalue weighted by Gasteiger charge is -2.52. The number of likely N-dealkylation sites (tertiary alicyclic amines) is 1. The van der Waals surface area contributed by atoms with Gasteiger partial charge in [-0.25, -0.2) is 0 Å². The van der Waals surface area contributed by atoms with Crippen LogP contribution in [0.2, 0.25) is 0 Å². The van der Waals surface area contributed by atoms with Crippen molar-refractivity contribution in [2.75, 3.05) is 31.6 Å². The Hall–Kier alpha value is -2.57. The second kappa shape index (κ2) is 6.25. The quantitative estimate of drug-likeness (QED) is 0.814. The van der Waals surface area contributed by atoms with Crippen LogP contribution in [0.4, 0.5) is 5.69 Å². The topological polar surface area (TPSA) is 79.0 Å². The van der Waals surface area contributed by atoms with E-state index in [0.29, 0.717) is 48.3 Å². The summed E-state index contributed by atoms with van der Waals surface area (Å²) in [5.74, 6) is 1.38. The first-order valence-electron chi connectivity index (χ1n) is 9.74. The Morgan fingerprint density at radius 3 is 2.96 bits per heavy atom. The van der Waals surface area contributed by atoms with Gasteiger partial charge in [0.1, 0.15) is 5.75 Å². The summed E-state index contributed by atoms with van der Waals surface area (Å²) in [4.78, 5) is 40.9. The molecule has 4 aliphatic heterocycles. The standard InChI is InChI=1S/C20H23N3O4/c24-18-11-27-17-5-4-13(7-15(17)21-18)20(26)22-8-12-6-14(10-22)16-2-1-3-19(25)23(16)9-12/h4-5,7,12,14,16H,1-3,6,8-11H2,(H,21,24)/t12-,14+,16-/m1/s1. The highest BCUT2D eigenvalue weighted by Gasteiger charge is 2.44. The van der Waals surface area contributed by atoms with Gasteiger partial charge in [0.15, 0.2) is 6.61 Å². The third-order valence-electron chi connectivity index (χ3n) is 6.33. The fourth-order valence-corrected chi connectivity index (χ4v) is 5.17. The smallest absolute Gasteiger partial charge is 0.262 e. The molecule has 142 valence electrons. The summed E-state index contributed by atoms with van der Waals surface area (Å²) in [5.41, 5.74) is 1.12. The molecule has 7 nitrogen and oxygen atoms in total. The molecule has 7 heteroatoms. The lowest BCUT2D eigenvalue weighted by Crippen LogP contribution is -2.61. The molecule has 0 saturated carbocycles. The van der Waals surface area contributed by atoms with E-state index in [9.17, 15) is 14.4 Å². The van der Waals surface area contributed by atoms with Crippen LogP contribution in [0.25, 0.3) is 0 Å². The highest BCUT2D eigenvalue weighted by atomic mass is 16.5. The van der Waals surface area contributed by atoms with Gasteiger partial charge in [-0.2, -0.15) is 0 Å². The molecule has 3 atom stereocenters. The molecule has 5 rings (SSSR count). The Bertz CT molecular complexity index is 823. The molecule has 0 unspecified atom stereocenters. The second-order valence-electron chi connectivity index (χ2n) is 8.13. The number of rotatable bonds is 1. The van der Waals surface area contributed by atoms with Gasteiger partial charge in [-0.3, -0.25) is 14.4 Å². The van der Waals surface area contributed by atoms with E-state index in [-0.39, 0.29) is 30.4 Å². The van der Waals surface area contributed by atoms with Gasteiger partial charge in [-0.1, -0.05) is 0 Å². The van der Waals surface area contributed by atoms with Crippen LogP contribution < -0.4 is 10.1 Å². The van der Waals surface area contributed by atoms with E-state index in [0.717, 1.165) is 25.8 Å².